The molecule has 0 atom stereocenters. The molecule has 2 aliphatic heterocycles. The maximum atomic E-state index is 6.69. The van der Waals surface area contributed by atoms with E-state index in [9.17, 15) is 0 Å². The molecule has 2 aromatic rings. The maximum Gasteiger partial charge on any atom is 0.268 e. The first-order chi connectivity index (χ1) is 11.7. The molecule has 1 aromatic heterocycles. The number of quaternary nitrogens is 1. The van der Waals surface area contributed by atoms with Crippen LogP contribution in [0, 0.1) is 0 Å². The maximum absolute atomic E-state index is 6.69. The standard InChI is InChI=1S/C19H24ClN4/c20-18-17(7-10-22-19(18)24(21)13-4-14-24)23-11-8-16(9-12-23)15-5-2-1-3-6-15/h1-3,5-7,10,16H,4,8-9,11-14,21H2/q+1. The molecule has 1 aromatic carbocycles. The second-order valence-electron chi connectivity index (χ2n) is 6.97. The third-order valence-electron chi connectivity index (χ3n) is 5.49. The van der Waals surface area contributed by atoms with Gasteiger partial charge in [0, 0.05) is 19.3 Å². The molecule has 0 saturated carbocycles. The number of piperidine rings is 1. The van der Waals surface area contributed by atoms with Gasteiger partial charge in [0.05, 0.1) is 12.1 Å². The van der Waals surface area contributed by atoms with Crippen molar-refractivity contribution in [3.8, 4) is 0 Å². The predicted octanol–water partition coefficient (Wildman–Crippen LogP) is 3.70. The molecule has 2 fully saturated rings. The average Bonchev–Trinajstić information content (AvgIpc) is 2.61. The van der Waals surface area contributed by atoms with E-state index >= 15 is 0 Å². The normalized spacial score (nSPS) is 20.7. The Morgan fingerprint density at radius 1 is 1.08 bits per heavy atom. The summed E-state index contributed by atoms with van der Waals surface area (Å²) >= 11 is 6.69. The van der Waals surface area contributed by atoms with Gasteiger partial charge in [-0.25, -0.2) is 4.98 Å². The first-order valence-electron chi connectivity index (χ1n) is 8.78. The largest absolute Gasteiger partial charge is 0.370 e. The third kappa shape index (κ3) is 2.79. The summed E-state index contributed by atoms with van der Waals surface area (Å²) in [5, 5.41) is 0.734. The van der Waals surface area contributed by atoms with Crippen LogP contribution in [0.4, 0.5) is 11.5 Å². The minimum atomic E-state index is 0.382. The number of benzene rings is 1. The van der Waals surface area contributed by atoms with E-state index in [1.54, 1.807) is 0 Å². The van der Waals surface area contributed by atoms with E-state index < -0.39 is 0 Å². The Bertz CT molecular complexity index is 707. The Balaban J connectivity index is 1.51. The number of hydrogen-bond acceptors (Lipinski definition) is 3. The lowest BCUT2D eigenvalue weighted by atomic mass is 9.89. The van der Waals surface area contributed by atoms with Gasteiger partial charge in [0.25, 0.3) is 5.82 Å². The molecule has 4 nitrogen and oxygen atoms in total. The predicted molar refractivity (Wildman–Crippen MR) is 100 cm³/mol. The van der Waals surface area contributed by atoms with E-state index in [1.165, 1.54) is 5.56 Å². The van der Waals surface area contributed by atoms with Crippen molar-refractivity contribution < 1.29 is 0 Å². The molecule has 2 aliphatic rings. The first kappa shape index (κ1) is 15.9. The fourth-order valence-electron chi connectivity index (χ4n) is 3.87. The van der Waals surface area contributed by atoms with Crippen LogP contribution in [0.1, 0.15) is 30.7 Å². The lowest BCUT2D eigenvalue weighted by Gasteiger charge is -2.40. The van der Waals surface area contributed by atoms with Crippen LogP contribution in [0.25, 0.3) is 0 Å². The molecular weight excluding hydrogens is 320 g/mol. The van der Waals surface area contributed by atoms with Crippen LogP contribution in [0.15, 0.2) is 42.6 Å². The number of aromatic nitrogens is 1. The van der Waals surface area contributed by atoms with Gasteiger partial charge in [-0.15, -0.1) is 0 Å². The number of pyridine rings is 1. The molecule has 0 spiro atoms. The van der Waals surface area contributed by atoms with Crippen molar-refractivity contribution in [3.05, 3.63) is 53.2 Å². The van der Waals surface area contributed by atoms with Gasteiger partial charge in [0.1, 0.15) is 18.1 Å². The van der Waals surface area contributed by atoms with Crippen LogP contribution in [0.3, 0.4) is 0 Å². The minimum absolute atomic E-state index is 0.382. The second kappa shape index (κ2) is 6.36. The van der Waals surface area contributed by atoms with Gasteiger partial charge in [-0.1, -0.05) is 41.9 Å². The van der Waals surface area contributed by atoms with Crippen LogP contribution in [0.5, 0.6) is 0 Å². The van der Waals surface area contributed by atoms with Crippen molar-refractivity contribution in [1.82, 2.24) is 9.58 Å². The van der Waals surface area contributed by atoms with E-state index in [1.807, 2.05) is 12.3 Å². The summed E-state index contributed by atoms with van der Waals surface area (Å²) in [5.74, 6) is 7.86. The van der Waals surface area contributed by atoms with Crippen molar-refractivity contribution in [2.24, 2.45) is 5.84 Å². The lowest BCUT2D eigenvalue weighted by molar-refractivity contribution is 0.182. The SMILES string of the molecule is N[N+]1(c2nccc(N3CCC(c4ccccc4)CC3)c2Cl)CCC1. The zero-order valence-corrected chi connectivity index (χ0v) is 14.6. The molecule has 0 radical (unpaired) electrons. The highest BCUT2D eigenvalue weighted by Gasteiger charge is 2.39. The fraction of sp³-hybridized carbons (Fsp3) is 0.421. The van der Waals surface area contributed by atoms with Gasteiger partial charge in [0.2, 0.25) is 0 Å². The summed E-state index contributed by atoms with van der Waals surface area (Å²) in [6.45, 7) is 3.89. The van der Waals surface area contributed by atoms with Crippen LogP contribution >= 0.6 is 11.6 Å². The molecule has 2 N–H and O–H groups in total. The van der Waals surface area contributed by atoms with E-state index in [4.69, 9.17) is 17.4 Å². The van der Waals surface area contributed by atoms with Crippen LogP contribution in [0.2, 0.25) is 5.02 Å². The van der Waals surface area contributed by atoms with Crippen molar-refractivity contribution in [3.63, 3.8) is 0 Å². The molecule has 5 heteroatoms. The molecule has 24 heavy (non-hydrogen) atoms. The number of rotatable bonds is 3. The lowest BCUT2D eigenvalue weighted by Crippen LogP contribution is -2.65. The number of nitrogens with two attached hydrogens (primary N) is 1. The highest BCUT2D eigenvalue weighted by atomic mass is 35.5. The van der Waals surface area contributed by atoms with Crippen LogP contribution < -0.4 is 15.3 Å². The van der Waals surface area contributed by atoms with Crippen molar-refractivity contribution >= 4 is 23.1 Å². The number of halogens is 1. The van der Waals surface area contributed by atoms with Gasteiger partial charge >= 0.3 is 0 Å². The Morgan fingerprint density at radius 2 is 1.79 bits per heavy atom. The van der Waals surface area contributed by atoms with E-state index in [0.717, 1.165) is 62.0 Å². The Labute approximate surface area is 148 Å². The molecule has 0 aliphatic carbocycles. The monoisotopic (exact) mass is 343 g/mol. The van der Waals surface area contributed by atoms with Crippen molar-refractivity contribution in [1.29, 1.82) is 0 Å². The Hall–Kier alpha value is -1.62. The zero-order chi connectivity index (χ0) is 16.6. The molecule has 3 heterocycles. The summed E-state index contributed by atoms with van der Waals surface area (Å²) in [4.78, 5) is 6.87. The van der Waals surface area contributed by atoms with Gasteiger partial charge in [0.15, 0.2) is 0 Å². The summed E-state index contributed by atoms with van der Waals surface area (Å²) in [6.07, 6.45) is 5.30. The second-order valence-corrected chi connectivity index (χ2v) is 7.35. The quantitative estimate of drug-likeness (QED) is 0.682. The van der Waals surface area contributed by atoms with E-state index in [0.29, 0.717) is 10.5 Å². The van der Waals surface area contributed by atoms with Gasteiger partial charge < -0.3 is 4.90 Å². The molecule has 4 rings (SSSR count). The zero-order valence-electron chi connectivity index (χ0n) is 13.9. The fourth-order valence-corrected chi connectivity index (χ4v) is 4.27. The molecule has 126 valence electrons. The van der Waals surface area contributed by atoms with Gasteiger partial charge in [-0.2, -0.15) is 10.4 Å². The molecule has 0 amide bonds. The van der Waals surface area contributed by atoms with E-state index in [-0.39, 0.29) is 0 Å². The first-order valence-corrected chi connectivity index (χ1v) is 9.16. The Kier molecular flexibility index (Phi) is 4.21. The molecular formula is C19H24ClN4+. The molecule has 2 saturated heterocycles. The molecule has 0 bridgehead atoms. The van der Waals surface area contributed by atoms with Crippen molar-refractivity contribution in [2.75, 3.05) is 31.1 Å². The topological polar surface area (TPSA) is 42.1 Å². The van der Waals surface area contributed by atoms with Crippen molar-refractivity contribution in [2.45, 2.75) is 25.2 Å². The number of hydrogen-bond donors (Lipinski definition) is 1. The van der Waals surface area contributed by atoms with Gasteiger partial charge in [-0.3, -0.25) is 0 Å². The highest BCUT2D eigenvalue weighted by molar-refractivity contribution is 6.35. The number of nitrogens with zero attached hydrogens (tertiary/aromatic N) is 3. The smallest absolute Gasteiger partial charge is 0.268 e. The van der Waals surface area contributed by atoms with Crippen LogP contribution in [-0.4, -0.2) is 31.2 Å². The average molecular weight is 344 g/mol. The van der Waals surface area contributed by atoms with Gasteiger partial charge in [-0.05, 0) is 30.4 Å². The number of anilines is 1. The molecule has 0 unspecified atom stereocenters. The minimum Gasteiger partial charge on any atom is -0.370 e. The summed E-state index contributed by atoms with van der Waals surface area (Å²) in [6, 6.07) is 12.9. The third-order valence-corrected chi connectivity index (χ3v) is 5.86. The summed E-state index contributed by atoms with van der Waals surface area (Å²) < 4.78 is 0.382. The summed E-state index contributed by atoms with van der Waals surface area (Å²) in [7, 11) is 0. The van der Waals surface area contributed by atoms with E-state index in [2.05, 4.69) is 40.2 Å². The highest BCUT2D eigenvalue weighted by Crippen LogP contribution is 2.39. The Morgan fingerprint density at radius 3 is 2.42 bits per heavy atom. The van der Waals surface area contributed by atoms with Crippen LogP contribution in [-0.2, 0) is 0 Å². The summed E-state index contributed by atoms with van der Waals surface area (Å²) in [5.41, 5.74) is 2.54.